The van der Waals surface area contributed by atoms with E-state index in [1.165, 1.54) is 4.80 Å². The molecule has 0 radical (unpaired) electrons. The molecule has 2 aromatic carbocycles. The van der Waals surface area contributed by atoms with Crippen molar-refractivity contribution in [2.45, 2.75) is 24.9 Å². The van der Waals surface area contributed by atoms with E-state index in [1.54, 1.807) is 7.05 Å². The lowest BCUT2D eigenvalue weighted by atomic mass is 10.2. The van der Waals surface area contributed by atoms with E-state index in [0.717, 1.165) is 35.0 Å². The number of hydrogen-bond donors (Lipinski definition) is 2. The smallest absolute Gasteiger partial charge is 0.240 e. The number of carbonyl (C=O) groups is 1. The second-order valence-corrected chi connectivity index (χ2v) is 8.58. The number of hydrogen-bond acceptors (Lipinski definition) is 5. The van der Waals surface area contributed by atoms with Crippen molar-refractivity contribution in [3.63, 3.8) is 0 Å². The molecule has 1 amide bonds. The molecule has 158 valence electrons. The highest BCUT2D eigenvalue weighted by Gasteiger charge is 2.45. The zero-order valence-corrected chi connectivity index (χ0v) is 18.2. The van der Waals surface area contributed by atoms with Crippen LogP contribution in [0.5, 0.6) is 0 Å². The minimum Gasteiger partial charge on any atom is -0.350 e. The highest BCUT2D eigenvalue weighted by molar-refractivity contribution is 6.39. The third-order valence-electron chi connectivity index (χ3n) is 5.48. The van der Waals surface area contributed by atoms with E-state index in [0.29, 0.717) is 28.1 Å². The number of nitrogens with two attached hydrogens (primary N) is 1. The molecule has 0 aliphatic heterocycles. The Bertz CT molecular complexity index is 1310. The summed E-state index contributed by atoms with van der Waals surface area (Å²) in [5.74, 6) is 0.307. The van der Waals surface area contributed by atoms with Crippen molar-refractivity contribution in [3.8, 4) is 17.2 Å². The summed E-state index contributed by atoms with van der Waals surface area (Å²) in [5, 5.41) is 17.2. The lowest BCUT2D eigenvalue weighted by Crippen LogP contribution is -2.42. The largest absolute Gasteiger partial charge is 0.350 e. The van der Waals surface area contributed by atoms with Crippen molar-refractivity contribution in [1.82, 2.24) is 30.1 Å². The molecule has 3 N–H and O–H groups in total. The predicted octanol–water partition coefficient (Wildman–Crippen LogP) is 3.24. The molecule has 0 unspecified atom stereocenters. The van der Waals surface area contributed by atoms with Crippen LogP contribution in [-0.2, 0) is 18.4 Å². The number of benzene rings is 2. The summed E-state index contributed by atoms with van der Waals surface area (Å²) in [7, 11) is 1.70. The van der Waals surface area contributed by atoms with Gasteiger partial charge in [0.05, 0.1) is 23.1 Å². The topological polar surface area (TPSA) is 104 Å². The monoisotopic (exact) mass is 455 g/mol. The van der Waals surface area contributed by atoms with Crippen LogP contribution in [0.25, 0.3) is 28.1 Å². The number of nitrogens with zero attached hydrogens (tertiary/aromatic N) is 5. The van der Waals surface area contributed by atoms with Crippen molar-refractivity contribution >= 4 is 40.0 Å². The number of nitrogens with one attached hydrogen (secondary N) is 1. The number of aryl methyl sites for hydroxylation is 1. The van der Waals surface area contributed by atoms with Gasteiger partial charge in [0.25, 0.3) is 0 Å². The molecule has 8 nitrogen and oxygen atoms in total. The quantitative estimate of drug-likeness (QED) is 0.480. The third kappa shape index (κ3) is 3.56. The van der Waals surface area contributed by atoms with Crippen LogP contribution >= 0.6 is 23.2 Å². The first-order valence-electron chi connectivity index (χ1n) is 9.76. The molecule has 5 rings (SSSR count). The van der Waals surface area contributed by atoms with Crippen molar-refractivity contribution in [2.75, 3.05) is 0 Å². The molecule has 0 spiro atoms. The lowest BCUT2D eigenvalue weighted by molar-refractivity contribution is -0.123. The SMILES string of the molecule is Cn1nnc(-c2c(Cl)c3cc(Cl)ccc3n2-c2ccc(CNC(=O)C3(N)CC3)cc2)n1. The molecule has 31 heavy (non-hydrogen) atoms. The molecule has 10 heteroatoms. The minimum atomic E-state index is -0.680. The number of amides is 1. The number of aromatic nitrogens is 5. The number of halogens is 2. The van der Waals surface area contributed by atoms with Gasteiger partial charge in [-0.2, -0.15) is 4.80 Å². The average molecular weight is 456 g/mol. The second kappa shape index (κ2) is 7.33. The molecule has 1 saturated carbocycles. The maximum absolute atomic E-state index is 12.1. The maximum atomic E-state index is 12.1. The average Bonchev–Trinajstić information content (AvgIpc) is 3.27. The molecule has 1 aliphatic carbocycles. The summed E-state index contributed by atoms with van der Waals surface area (Å²) in [6.07, 6.45) is 1.48. The van der Waals surface area contributed by atoms with Gasteiger partial charge in [-0.25, -0.2) is 0 Å². The molecular formula is C21H19Cl2N7O. The van der Waals surface area contributed by atoms with E-state index >= 15 is 0 Å². The fourth-order valence-corrected chi connectivity index (χ4v) is 4.05. The van der Waals surface area contributed by atoms with Gasteiger partial charge in [-0.15, -0.1) is 10.2 Å². The van der Waals surface area contributed by atoms with E-state index in [9.17, 15) is 4.79 Å². The Morgan fingerprint density at radius 1 is 1.19 bits per heavy atom. The fraction of sp³-hybridized carbons (Fsp3) is 0.238. The Labute approximate surface area is 187 Å². The van der Waals surface area contributed by atoms with Gasteiger partial charge in [-0.1, -0.05) is 35.3 Å². The van der Waals surface area contributed by atoms with Crippen LogP contribution in [0.4, 0.5) is 0 Å². The molecular weight excluding hydrogens is 437 g/mol. The molecule has 1 aliphatic rings. The number of rotatable bonds is 5. The summed E-state index contributed by atoms with van der Waals surface area (Å²) in [5.41, 5.74) is 8.59. The Kier molecular flexibility index (Phi) is 4.73. The van der Waals surface area contributed by atoms with Crippen LogP contribution in [0.3, 0.4) is 0 Å². The zero-order valence-electron chi connectivity index (χ0n) is 16.6. The molecule has 0 saturated heterocycles. The van der Waals surface area contributed by atoms with Crippen LogP contribution < -0.4 is 11.1 Å². The fourth-order valence-electron chi connectivity index (χ4n) is 3.55. The molecule has 0 bridgehead atoms. The van der Waals surface area contributed by atoms with Crippen LogP contribution in [0.2, 0.25) is 10.0 Å². The van der Waals surface area contributed by atoms with Crippen molar-refractivity contribution in [2.24, 2.45) is 12.8 Å². The van der Waals surface area contributed by atoms with Gasteiger partial charge in [0, 0.05) is 22.6 Å². The first kappa shape index (κ1) is 20.0. The lowest BCUT2D eigenvalue weighted by Gasteiger charge is -2.12. The van der Waals surface area contributed by atoms with Crippen molar-refractivity contribution in [3.05, 3.63) is 58.1 Å². The van der Waals surface area contributed by atoms with Crippen LogP contribution in [0.1, 0.15) is 18.4 Å². The van der Waals surface area contributed by atoms with E-state index in [2.05, 4.69) is 20.7 Å². The summed E-state index contributed by atoms with van der Waals surface area (Å²) in [6.45, 7) is 0.416. The van der Waals surface area contributed by atoms with E-state index in [1.807, 2.05) is 47.0 Å². The van der Waals surface area contributed by atoms with Crippen LogP contribution in [-0.4, -0.2) is 36.2 Å². The molecule has 0 atom stereocenters. The Hall–Kier alpha value is -2.94. The summed E-state index contributed by atoms with van der Waals surface area (Å²) < 4.78 is 1.98. The highest BCUT2D eigenvalue weighted by Crippen LogP contribution is 2.39. The number of carbonyl (C=O) groups excluding carboxylic acids is 1. The van der Waals surface area contributed by atoms with Gasteiger partial charge in [0.2, 0.25) is 11.7 Å². The van der Waals surface area contributed by atoms with Crippen molar-refractivity contribution < 1.29 is 4.79 Å². The standard InChI is InChI=1S/C21H19Cl2N7O/c1-29-27-19(26-28-29)18-17(23)15-10-13(22)4-7-16(15)30(18)14-5-2-12(3-6-14)11-25-20(31)21(24)8-9-21/h2-7,10H,8-9,11,24H2,1H3,(H,25,31). The summed E-state index contributed by atoms with van der Waals surface area (Å²) >= 11 is 12.9. The number of tetrazole rings is 1. The van der Waals surface area contributed by atoms with Gasteiger partial charge in [0.1, 0.15) is 5.69 Å². The molecule has 1 fully saturated rings. The van der Waals surface area contributed by atoms with Gasteiger partial charge in [-0.3, -0.25) is 4.79 Å². The second-order valence-electron chi connectivity index (χ2n) is 7.77. The van der Waals surface area contributed by atoms with Gasteiger partial charge in [0.15, 0.2) is 0 Å². The normalized spacial score (nSPS) is 14.7. The first-order chi connectivity index (χ1) is 14.9. The first-order valence-corrected chi connectivity index (χ1v) is 10.5. The van der Waals surface area contributed by atoms with Gasteiger partial charge < -0.3 is 15.6 Å². The van der Waals surface area contributed by atoms with Gasteiger partial charge >= 0.3 is 0 Å². The molecule has 4 aromatic rings. The van der Waals surface area contributed by atoms with E-state index in [-0.39, 0.29) is 5.91 Å². The minimum absolute atomic E-state index is 0.104. The van der Waals surface area contributed by atoms with Crippen LogP contribution in [0, 0.1) is 0 Å². The maximum Gasteiger partial charge on any atom is 0.240 e. The Morgan fingerprint density at radius 3 is 2.58 bits per heavy atom. The van der Waals surface area contributed by atoms with E-state index in [4.69, 9.17) is 28.9 Å². The van der Waals surface area contributed by atoms with Crippen LogP contribution in [0.15, 0.2) is 42.5 Å². The zero-order chi connectivity index (χ0) is 21.8. The Morgan fingerprint density at radius 2 is 1.94 bits per heavy atom. The Balaban J connectivity index is 1.54. The third-order valence-corrected chi connectivity index (χ3v) is 6.09. The molecule has 2 heterocycles. The number of fused-ring (bicyclic) bond motifs is 1. The van der Waals surface area contributed by atoms with Crippen molar-refractivity contribution in [1.29, 1.82) is 0 Å². The summed E-state index contributed by atoms with van der Waals surface area (Å²) in [6, 6.07) is 13.4. The molecule has 2 aromatic heterocycles. The van der Waals surface area contributed by atoms with Gasteiger partial charge in [-0.05, 0) is 54.0 Å². The summed E-state index contributed by atoms with van der Waals surface area (Å²) in [4.78, 5) is 13.5. The highest BCUT2D eigenvalue weighted by atomic mass is 35.5. The predicted molar refractivity (Wildman–Crippen MR) is 119 cm³/mol. The van der Waals surface area contributed by atoms with E-state index < -0.39 is 5.54 Å².